The molecule has 0 radical (unpaired) electrons. The van der Waals surface area contributed by atoms with E-state index in [0.717, 1.165) is 0 Å². The van der Waals surface area contributed by atoms with Crippen molar-refractivity contribution in [3.05, 3.63) is 29.8 Å². The third kappa shape index (κ3) is 2.51. The summed E-state index contributed by atoms with van der Waals surface area (Å²) in [6.07, 6.45) is -5.98. The van der Waals surface area contributed by atoms with Gasteiger partial charge in [-0.3, -0.25) is 0 Å². The maximum absolute atomic E-state index is 13.0. The molecule has 0 saturated carbocycles. The Kier molecular flexibility index (Phi) is 3.54. The number of nitrogens with two attached hydrogens (primary N) is 1. The SMILES string of the molecule is COc1ccc(C2=NN(C(N)=O)C(O)(C(F)(F)F)C2)cc1. The molecule has 21 heavy (non-hydrogen) atoms. The zero-order valence-electron chi connectivity index (χ0n) is 10.9. The molecular weight excluding hydrogens is 291 g/mol. The molecule has 114 valence electrons. The first-order chi connectivity index (χ1) is 9.69. The van der Waals surface area contributed by atoms with Gasteiger partial charge in [0.1, 0.15) is 5.75 Å². The number of nitrogens with zero attached hydrogens (tertiary/aromatic N) is 2. The second-order valence-corrected chi connectivity index (χ2v) is 4.42. The minimum absolute atomic E-state index is 0.101. The number of benzene rings is 1. The maximum atomic E-state index is 13.0. The predicted molar refractivity (Wildman–Crippen MR) is 66.6 cm³/mol. The lowest BCUT2D eigenvalue weighted by molar-refractivity contribution is -0.296. The van der Waals surface area contributed by atoms with Gasteiger partial charge in [-0.2, -0.15) is 23.3 Å². The van der Waals surface area contributed by atoms with Gasteiger partial charge in [0.15, 0.2) is 0 Å². The molecule has 0 fully saturated rings. The number of hydrogen-bond acceptors (Lipinski definition) is 4. The van der Waals surface area contributed by atoms with Crippen molar-refractivity contribution >= 4 is 11.7 Å². The predicted octanol–water partition coefficient (Wildman–Crippen LogP) is 1.43. The van der Waals surface area contributed by atoms with E-state index in [1.165, 1.54) is 31.4 Å². The van der Waals surface area contributed by atoms with Crippen LogP contribution in [0.2, 0.25) is 0 Å². The lowest BCUT2D eigenvalue weighted by atomic mass is 10.0. The zero-order valence-corrected chi connectivity index (χ0v) is 10.9. The number of alkyl halides is 3. The summed E-state index contributed by atoms with van der Waals surface area (Å²) in [6.45, 7) is 0. The van der Waals surface area contributed by atoms with Crippen molar-refractivity contribution in [1.82, 2.24) is 5.01 Å². The minimum Gasteiger partial charge on any atom is -0.497 e. The number of halogens is 3. The third-order valence-electron chi connectivity index (χ3n) is 3.07. The van der Waals surface area contributed by atoms with Crippen LogP contribution in [0.5, 0.6) is 5.75 Å². The molecule has 3 N–H and O–H groups in total. The topological polar surface area (TPSA) is 88.1 Å². The zero-order chi connectivity index (χ0) is 15.8. The summed E-state index contributed by atoms with van der Waals surface area (Å²) in [6, 6.07) is 4.51. The van der Waals surface area contributed by atoms with Gasteiger partial charge in [0, 0.05) is 0 Å². The van der Waals surface area contributed by atoms with Crippen LogP contribution in [0.4, 0.5) is 18.0 Å². The number of primary amides is 1. The number of rotatable bonds is 2. The van der Waals surface area contributed by atoms with Crippen LogP contribution in [0.25, 0.3) is 0 Å². The first kappa shape index (κ1) is 15.1. The number of carbonyl (C=O) groups is 1. The molecule has 9 heteroatoms. The van der Waals surface area contributed by atoms with E-state index in [0.29, 0.717) is 11.3 Å². The first-order valence-corrected chi connectivity index (χ1v) is 5.80. The monoisotopic (exact) mass is 303 g/mol. The molecule has 0 spiro atoms. The molecule has 2 amide bonds. The van der Waals surface area contributed by atoms with E-state index in [-0.39, 0.29) is 10.7 Å². The van der Waals surface area contributed by atoms with Crippen LogP contribution in [0, 0.1) is 0 Å². The molecule has 1 heterocycles. The summed E-state index contributed by atoms with van der Waals surface area (Å²) in [4.78, 5) is 11.1. The Balaban J connectivity index is 2.38. The lowest BCUT2D eigenvalue weighted by Gasteiger charge is -2.31. The quantitative estimate of drug-likeness (QED) is 0.866. The Hall–Kier alpha value is -2.29. The number of methoxy groups -OCH3 is 1. The number of hydrogen-bond donors (Lipinski definition) is 2. The fraction of sp³-hybridized carbons (Fsp3) is 0.333. The Morgan fingerprint density at radius 3 is 2.38 bits per heavy atom. The van der Waals surface area contributed by atoms with Gasteiger partial charge in [-0.05, 0) is 29.8 Å². The van der Waals surface area contributed by atoms with Gasteiger partial charge in [-0.1, -0.05) is 0 Å². The molecule has 1 unspecified atom stereocenters. The van der Waals surface area contributed by atoms with Crippen LogP contribution in [0.15, 0.2) is 29.4 Å². The Bertz CT molecular complexity index is 586. The molecule has 0 aliphatic carbocycles. The van der Waals surface area contributed by atoms with Crippen molar-refractivity contribution in [3.8, 4) is 5.75 Å². The Morgan fingerprint density at radius 1 is 1.43 bits per heavy atom. The van der Waals surface area contributed by atoms with E-state index in [9.17, 15) is 23.1 Å². The number of aliphatic hydroxyl groups is 1. The summed E-state index contributed by atoms with van der Waals surface area (Å²) < 4.78 is 43.8. The van der Waals surface area contributed by atoms with Crippen LogP contribution in [0.1, 0.15) is 12.0 Å². The normalized spacial score (nSPS) is 22.1. The molecule has 1 aliphatic rings. The van der Waals surface area contributed by atoms with Crippen LogP contribution in [-0.2, 0) is 0 Å². The largest absolute Gasteiger partial charge is 0.497 e. The molecule has 1 aromatic rings. The molecule has 0 aromatic heterocycles. The average Bonchev–Trinajstić information content (AvgIpc) is 2.78. The fourth-order valence-electron chi connectivity index (χ4n) is 1.94. The molecule has 1 aliphatic heterocycles. The van der Waals surface area contributed by atoms with E-state index >= 15 is 0 Å². The lowest BCUT2D eigenvalue weighted by Crippen LogP contribution is -2.57. The highest BCUT2D eigenvalue weighted by molar-refractivity contribution is 6.03. The van der Waals surface area contributed by atoms with Gasteiger partial charge in [0.2, 0.25) is 0 Å². The number of hydrazone groups is 1. The molecular formula is C12H12F3N3O3. The first-order valence-electron chi connectivity index (χ1n) is 5.80. The van der Waals surface area contributed by atoms with Gasteiger partial charge < -0.3 is 15.6 Å². The summed E-state index contributed by atoms with van der Waals surface area (Å²) in [5, 5.41) is 13.1. The van der Waals surface area contributed by atoms with Crippen LogP contribution in [-0.4, -0.2) is 40.9 Å². The van der Waals surface area contributed by atoms with E-state index in [4.69, 9.17) is 10.5 Å². The van der Waals surface area contributed by atoms with Crippen molar-refractivity contribution in [1.29, 1.82) is 0 Å². The maximum Gasteiger partial charge on any atom is 0.438 e. The number of carbonyl (C=O) groups excluding carboxylic acids is 1. The summed E-state index contributed by atoms with van der Waals surface area (Å²) >= 11 is 0. The Morgan fingerprint density at radius 2 is 2.00 bits per heavy atom. The second-order valence-electron chi connectivity index (χ2n) is 4.42. The van der Waals surface area contributed by atoms with Gasteiger partial charge >= 0.3 is 12.2 Å². The molecule has 2 rings (SSSR count). The van der Waals surface area contributed by atoms with Gasteiger partial charge in [0.05, 0.1) is 19.2 Å². The molecule has 0 saturated heterocycles. The van der Waals surface area contributed by atoms with Crippen molar-refractivity contribution < 1.29 is 27.8 Å². The third-order valence-corrected chi connectivity index (χ3v) is 3.07. The summed E-state index contributed by atoms with van der Waals surface area (Å²) in [7, 11) is 1.44. The molecule has 0 bridgehead atoms. The highest BCUT2D eigenvalue weighted by atomic mass is 19.4. The number of ether oxygens (including phenoxy) is 1. The molecule has 1 aromatic carbocycles. The highest BCUT2D eigenvalue weighted by Crippen LogP contribution is 2.41. The summed E-state index contributed by atoms with van der Waals surface area (Å²) in [5.41, 5.74) is 1.64. The standard InChI is InChI=1S/C12H12F3N3O3/c1-21-8-4-2-7(3-5-8)9-6-11(20,12(13,14)15)18(17-9)10(16)19/h2-5,20H,6H2,1H3,(H2,16,19). The fourth-order valence-corrected chi connectivity index (χ4v) is 1.94. The van der Waals surface area contributed by atoms with Crippen molar-refractivity contribution in [3.63, 3.8) is 0 Å². The van der Waals surface area contributed by atoms with E-state index in [1.807, 2.05) is 0 Å². The highest BCUT2D eigenvalue weighted by Gasteiger charge is 2.63. The van der Waals surface area contributed by atoms with Gasteiger partial charge in [-0.15, -0.1) is 0 Å². The van der Waals surface area contributed by atoms with E-state index < -0.39 is 24.4 Å². The van der Waals surface area contributed by atoms with Crippen LogP contribution in [0.3, 0.4) is 0 Å². The van der Waals surface area contributed by atoms with Crippen LogP contribution >= 0.6 is 0 Å². The second kappa shape index (κ2) is 4.92. The van der Waals surface area contributed by atoms with Crippen LogP contribution < -0.4 is 10.5 Å². The van der Waals surface area contributed by atoms with Crippen molar-refractivity contribution in [2.45, 2.75) is 18.3 Å². The molecule has 1 atom stereocenters. The Labute approximate surface area is 117 Å². The number of amides is 2. The summed E-state index contributed by atoms with van der Waals surface area (Å²) in [5.74, 6) is 0.509. The van der Waals surface area contributed by atoms with E-state index in [2.05, 4.69) is 5.10 Å². The van der Waals surface area contributed by atoms with E-state index in [1.54, 1.807) is 0 Å². The van der Waals surface area contributed by atoms with Gasteiger partial charge in [-0.25, -0.2) is 4.79 Å². The number of urea groups is 1. The van der Waals surface area contributed by atoms with Crippen molar-refractivity contribution in [2.24, 2.45) is 10.8 Å². The average molecular weight is 303 g/mol. The minimum atomic E-state index is -5.08. The van der Waals surface area contributed by atoms with Gasteiger partial charge in [0.25, 0.3) is 5.72 Å². The van der Waals surface area contributed by atoms with Crippen molar-refractivity contribution in [2.75, 3.05) is 7.11 Å². The molecule has 6 nitrogen and oxygen atoms in total. The smallest absolute Gasteiger partial charge is 0.438 e.